The number of ether oxygens (including phenoxy) is 1. The minimum absolute atomic E-state index is 0.0428. The van der Waals surface area contributed by atoms with Crippen LogP contribution in [0.1, 0.15) is 58.6 Å². The molecule has 0 aromatic heterocycles. The van der Waals surface area contributed by atoms with E-state index >= 15 is 0 Å². The van der Waals surface area contributed by atoms with E-state index in [0.29, 0.717) is 11.1 Å². The van der Waals surface area contributed by atoms with Gasteiger partial charge in [0.25, 0.3) is 5.69 Å². The van der Waals surface area contributed by atoms with E-state index < -0.39 is 34.0 Å². The zero-order valence-electron chi connectivity index (χ0n) is 18.1. The molecule has 168 valence electrons. The minimum Gasteiger partial charge on any atom is -0.481 e. The molecule has 4 N–H and O–H groups in total. The van der Waals surface area contributed by atoms with E-state index in [1.165, 1.54) is 6.07 Å². The average Bonchev–Trinajstić information content (AvgIpc) is 2.51. The van der Waals surface area contributed by atoms with Gasteiger partial charge in [0.05, 0.1) is 18.0 Å². The first kappa shape index (κ1) is 25.3. The first-order valence-electron chi connectivity index (χ1n) is 9.51. The Bertz CT molecular complexity index is 772. The Morgan fingerprint density at radius 1 is 1.27 bits per heavy atom. The predicted molar refractivity (Wildman–Crippen MR) is 110 cm³/mol. The number of hydrogen-bond acceptors (Lipinski definition) is 7. The lowest BCUT2D eigenvalue weighted by Crippen LogP contribution is -2.42. The van der Waals surface area contributed by atoms with Gasteiger partial charge in [-0.05, 0) is 56.7 Å². The number of aliphatic carboxylic acids is 1. The predicted octanol–water partition coefficient (Wildman–Crippen LogP) is 3.31. The van der Waals surface area contributed by atoms with E-state index in [2.05, 4.69) is 10.2 Å². The van der Waals surface area contributed by atoms with Crippen LogP contribution in [0.4, 0.5) is 10.5 Å². The number of nitro groups is 1. The zero-order chi connectivity index (χ0) is 23.1. The number of nitrogens with two attached hydrogens (primary N) is 1. The van der Waals surface area contributed by atoms with Crippen molar-refractivity contribution in [2.24, 2.45) is 11.3 Å². The summed E-state index contributed by atoms with van der Waals surface area (Å²) in [5.74, 6) is 4.03. The van der Waals surface area contributed by atoms with Crippen LogP contribution in [-0.4, -0.2) is 33.7 Å². The summed E-state index contributed by atoms with van der Waals surface area (Å²) in [5.41, 5.74) is -0.172. The second-order valence-corrected chi connectivity index (χ2v) is 9.02. The standard InChI is InChI=1S/C20H31N3O7/c1-19(2,3)30-18(26)22-15(9-17(24)25)11-20(4,5)10-14-8-13(12-29-21)6-7-16(14)23(27)28/h6-8,15H,9-12,21H2,1-5H3,(H,22,26)(H,24,25)/t15-/m1/s1. The molecule has 1 atom stereocenters. The maximum absolute atomic E-state index is 12.1. The van der Waals surface area contributed by atoms with Gasteiger partial charge in [-0.3, -0.25) is 19.7 Å². The maximum atomic E-state index is 12.1. The maximum Gasteiger partial charge on any atom is 0.407 e. The molecule has 1 aromatic rings. The van der Waals surface area contributed by atoms with Crippen LogP contribution in [0.5, 0.6) is 0 Å². The highest BCUT2D eigenvalue weighted by atomic mass is 16.6. The van der Waals surface area contributed by atoms with Crippen molar-refractivity contribution < 1.29 is 29.2 Å². The summed E-state index contributed by atoms with van der Waals surface area (Å²) < 4.78 is 5.22. The molecule has 0 bridgehead atoms. The first-order chi connectivity index (χ1) is 13.7. The second-order valence-electron chi connectivity index (χ2n) is 9.02. The number of benzene rings is 1. The molecule has 1 rings (SSSR count). The van der Waals surface area contributed by atoms with E-state index in [1.807, 2.05) is 13.8 Å². The van der Waals surface area contributed by atoms with Crippen LogP contribution in [-0.2, 0) is 27.4 Å². The minimum atomic E-state index is -1.07. The van der Waals surface area contributed by atoms with E-state index in [-0.39, 0.29) is 31.6 Å². The summed E-state index contributed by atoms with van der Waals surface area (Å²) in [5, 5.41) is 23.2. The smallest absolute Gasteiger partial charge is 0.407 e. The van der Waals surface area contributed by atoms with Crippen LogP contribution >= 0.6 is 0 Å². The monoisotopic (exact) mass is 425 g/mol. The normalized spacial score (nSPS) is 12.9. The molecular formula is C20H31N3O7. The number of nitro benzene ring substituents is 1. The molecule has 1 amide bonds. The Labute approximate surface area is 175 Å². The van der Waals surface area contributed by atoms with Crippen molar-refractivity contribution in [1.29, 1.82) is 0 Å². The van der Waals surface area contributed by atoms with E-state index in [9.17, 15) is 24.8 Å². The molecule has 0 saturated carbocycles. The molecule has 1 aromatic carbocycles. The lowest BCUT2D eigenvalue weighted by atomic mass is 9.79. The van der Waals surface area contributed by atoms with Gasteiger partial charge in [0, 0.05) is 17.7 Å². The van der Waals surface area contributed by atoms with Crippen molar-refractivity contribution in [3.8, 4) is 0 Å². The molecule has 0 aliphatic rings. The van der Waals surface area contributed by atoms with Gasteiger partial charge in [-0.1, -0.05) is 13.8 Å². The van der Waals surface area contributed by atoms with Crippen molar-refractivity contribution in [1.82, 2.24) is 5.32 Å². The number of carbonyl (C=O) groups excluding carboxylic acids is 1. The van der Waals surface area contributed by atoms with Crippen LogP contribution in [0, 0.1) is 15.5 Å². The van der Waals surface area contributed by atoms with E-state index in [4.69, 9.17) is 10.6 Å². The Hall–Kier alpha value is -2.72. The number of amides is 1. The number of carboxylic acid groups (broad SMARTS) is 1. The van der Waals surface area contributed by atoms with Gasteiger partial charge in [-0.25, -0.2) is 10.7 Å². The number of carboxylic acids is 1. The van der Waals surface area contributed by atoms with Crippen LogP contribution in [0.15, 0.2) is 18.2 Å². The summed E-state index contributed by atoms with van der Waals surface area (Å²) in [6.07, 6.45) is -0.454. The number of nitrogens with one attached hydrogen (secondary N) is 1. The Morgan fingerprint density at radius 2 is 1.90 bits per heavy atom. The molecule has 10 nitrogen and oxygen atoms in total. The van der Waals surface area contributed by atoms with Gasteiger partial charge in [0.2, 0.25) is 0 Å². The van der Waals surface area contributed by atoms with Crippen LogP contribution in [0.2, 0.25) is 0 Å². The highest BCUT2D eigenvalue weighted by Crippen LogP contribution is 2.33. The first-order valence-corrected chi connectivity index (χ1v) is 9.51. The van der Waals surface area contributed by atoms with E-state index in [0.717, 1.165) is 0 Å². The molecular weight excluding hydrogens is 394 g/mol. The lowest BCUT2D eigenvalue weighted by Gasteiger charge is -2.30. The summed E-state index contributed by atoms with van der Waals surface area (Å²) in [6.45, 7) is 8.94. The van der Waals surface area contributed by atoms with Gasteiger partial charge >= 0.3 is 12.1 Å². The van der Waals surface area contributed by atoms with Gasteiger partial charge in [0.1, 0.15) is 5.60 Å². The van der Waals surface area contributed by atoms with Gasteiger partial charge in [0.15, 0.2) is 0 Å². The number of carbonyl (C=O) groups is 2. The van der Waals surface area contributed by atoms with Crippen LogP contribution in [0.3, 0.4) is 0 Å². The molecule has 0 spiro atoms. The second kappa shape index (κ2) is 10.4. The van der Waals surface area contributed by atoms with Gasteiger partial charge in [-0.15, -0.1) is 0 Å². The van der Waals surface area contributed by atoms with Crippen molar-refractivity contribution in [3.63, 3.8) is 0 Å². The van der Waals surface area contributed by atoms with Gasteiger partial charge < -0.3 is 15.2 Å². The number of rotatable bonds is 10. The van der Waals surface area contributed by atoms with Crippen molar-refractivity contribution in [2.45, 2.75) is 72.1 Å². The average molecular weight is 425 g/mol. The summed E-state index contributed by atoms with van der Waals surface area (Å²) >= 11 is 0. The molecule has 30 heavy (non-hydrogen) atoms. The fraction of sp³-hybridized carbons (Fsp3) is 0.600. The van der Waals surface area contributed by atoms with Gasteiger partial charge in [-0.2, -0.15) is 0 Å². The molecule has 0 saturated heterocycles. The summed E-state index contributed by atoms with van der Waals surface area (Å²) in [6, 6.07) is 3.91. The van der Waals surface area contributed by atoms with Crippen LogP contribution in [0.25, 0.3) is 0 Å². The van der Waals surface area contributed by atoms with E-state index in [1.54, 1.807) is 32.9 Å². The van der Waals surface area contributed by atoms with Crippen LogP contribution < -0.4 is 11.2 Å². The SMILES string of the molecule is CC(C)(Cc1cc(CON)ccc1[N+](=O)[O-])C[C@@H](CC(=O)O)NC(=O)OC(C)(C)C. The van der Waals surface area contributed by atoms with Crippen molar-refractivity contribution in [3.05, 3.63) is 39.4 Å². The Morgan fingerprint density at radius 3 is 2.40 bits per heavy atom. The molecule has 0 aliphatic carbocycles. The molecule has 0 fully saturated rings. The molecule has 0 aliphatic heterocycles. The largest absolute Gasteiger partial charge is 0.481 e. The fourth-order valence-electron chi connectivity index (χ4n) is 3.26. The molecule has 0 radical (unpaired) electrons. The van der Waals surface area contributed by atoms with Crippen molar-refractivity contribution >= 4 is 17.7 Å². The fourth-order valence-corrected chi connectivity index (χ4v) is 3.26. The molecule has 0 unspecified atom stereocenters. The topological polar surface area (TPSA) is 154 Å². The molecule has 10 heteroatoms. The third kappa shape index (κ3) is 9.19. The Kier molecular flexibility index (Phi) is 8.74. The molecule has 0 heterocycles. The third-order valence-electron chi connectivity index (χ3n) is 4.20. The zero-order valence-corrected chi connectivity index (χ0v) is 18.1. The summed E-state index contributed by atoms with van der Waals surface area (Å²) in [4.78, 5) is 39.0. The number of nitrogens with zero attached hydrogens (tertiary/aromatic N) is 1. The third-order valence-corrected chi connectivity index (χ3v) is 4.20. The number of alkyl carbamates (subject to hydrolysis) is 1. The van der Waals surface area contributed by atoms with Crippen molar-refractivity contribution in [2.75, 3.05) is 0 Å². The highest BCUT2D eigenvalue weighted by molar-refractivity contribution is 5.71. The summed E-state index contributed by atoms with van der Waals surface area (Å²) in [7, 11) is 0. The Balaban J connectivity index is 3.04. The number of hydrogen-bond donors (Lipinski definition) is 3. The lowest BCUT2D eigenvalue weighted by molar-refractivity contribution is -0.385. The quantitative estimate of drug-likeness (QED) is 0.381. The highest BCUT2D eigenvalue weighted by Gasteiger charge is 2.30.